The van der Waals surface area contributed by atoms with Crippen LogP contribution in [0.1, 0.15) is 64.2 Å². The second-order valence-corrected chi connectivity index (χ2v) is 6.21. The van der Waals surface area contributed by atoms with Crippen LogP contribution in [0.4, 0.5) is 0 Å². The zero-order chi connectivity index (χ0) is 14.4. The Balaban J connectivity index is 1.84. The highest BCUT2D eigenvalue weighted by atomic mass is 16.4. The van der Waals surface area contributed by atoms with Gasteiger partial charge >= 0.3 is 5.97 Å². The highest BCUT2D eigenvalue weighted by Gasteiger charge is 2.39. The Morgan fingerprint density at radius 1 is 1.15 bits per heavy atom. The minimum Gasteiger partial charge on any atom is -0.481 e. The Labute approximate surface area is 120 Å². The maximum atomic E-state index is 12.0. The molecule has 4 heteroatoms. The Hall–Kier alpha value is -1.32. The largest absolute Gasteiger partial charge is 0.481 e. The van der Waals surface area contributed by atoms with Crippen molar-refractivity contribution in [3.63, 3.8) is 0 Å². The predicted octanol–water partition coefficient (Wildman–Crippen LogP) is 3.03. The van der Waals surface area contributed by atoms with E-state index in [1.807, 2.05) is 0 Å². The third-order valence-electron chi connectivity index (χ3n) is 4.66. The molecule has 0 heterocycles. The van der Waals surface area contributed by atoms with Crippen molar-refractivity contribution in [2.75, 3.05) is 6.54 Å². The van der Waals surface area contributed by atoms with Gasteiger partial charge in [0.1, 0.15) is 0 Å². The SMILES string of the molecule is O=C(CC1=CCCCC1)NCC1(C(=O)O)CCCCC1. The number of carbonyl (C=O) groups is 2. The van der Waals surface area contributed by atoms with Gasteiger partial charge in [0.2, 0.25) is 5.91 Å². The molecule has 0 aliphatic heterocycles. The van der Waals surface area contributed by atoms with E-state index in [4.69, 9.17) is 0 Å². The van der Waals surface area contributed by atoms with E-state index in [1.165, 1.54) is 12.0 Å². The summed E-state index contributed by atoms with van der Waals surface area (Å²) in [6, 6.07) is 0. The Morgan fingerprint density at radius 3 is 2.50 bits per heavy atom. The second-order valence-electron chi connectivity index (χ2n) is 6.21. The molecule has 4 nitrogen and oxygen atoms in total. The Kier molecular flexibility index (Phi) is 5.21. The number of hydrogen-bond acceptors (Lipinski definition) is 2. The molecular weight excluding hydrogens is 254 g/mol. The molecule has 0 spiro atoms. The van der Waals surface area contributed by atoms with Gasteiger partial charge in [0.05, 0.1) is 5.41 Å². The first-order valence-electron chi connectivity index (χ1n) is 7.80. The van der Waals surface area contributed by atoms with Crippen LogP contribution >= 0.6 is 0 Å². The highest BCUT2D eigenvalue weighted by Crippen LogP contribution is 2.36. The third-order valence-corrected chi connectivity index (χ3v) is 4.66. The van der Waals surface area contributed by atoms with Crippen LogP contribution < -0.4 is 5.32 Å². The van der Waals surface area contributed by atoms with E-state index in [0.717, 1.165) is 38.5 Å². The standard InChI is InChI=1S/C16H25NO3/c18-14(11-13-7-3-1-4-8-13)17-12-16(15(19)20)9-5-2-6-10-16/h7H,1-6,8-12H2,(H,17,18)(H,19,20). The van der Waals surface area contributed by atoms with Crippen LogP contribution in [0.5, 0.6) is 0 Å². The predicted molar refractivity (Wildman–Crippen MR) is 77.3 cm³/mol. The first-order valence-corrected chi connectivity index (χ1v) is 7.80. The van der Waals surface area contributed by atoms with E-state index in [1.54, 1.807) is 0 Å². The smallest absolute Gasteiger partial charge is 0.311 e. The minimum absolute atomic E-state index is 0.0238. The molecule has 0 unspecified atom stereocenters. The van der Waals surface area contributed by atoms with E-state index in [9.17, 15) is 14.7 Å². The van der Waals surface area contributed by atoms with Gasteiger partial charge in [-0.1, -0.05) is 30.9 Å². The number of aliphatic carboxylic acids is 1. The fraction of sp³-hybridized carbons (Fsp3) is 0.750. The summed E-state index contributed by atoms with van der Waals surface area (Å²) < 4.78 is 0. The normalized spacial score (nSPS) is 21.9. The molecule has 112 valence electrons. The van der Waals surface area contributed by atoms with Crippen LogP contribution in [-0.2, 0) is 9.59 Å². The quantitative estimate of drug-likeness (QED) is 0.760. The summed E-state index contributed by atoms with van der Waals surface area (Å²) in [6.45, 7) is 0.286. The van der Waals surface area contributed by atoms with E-state index in [2.05, 4.69) is 11.4 Å². The molecule has 1 amide bonds. The Bertz CT molecular complexity index is 395. The lowest BCUT2D eigenvalue weighted by atomic mass is 9.74. The molecule has 0 atom stereocenters. The number of amides is 1. The number of nitrogens with one attached hydrogen (secondary N) is 1. The Morgan fingerprint density at radius 2 is 1.90 bits per heavy atom. The van der Waals surface area contributed by atoms with Crippen molar-refractivity contribution in [3.05, 3.63) is 11.6 Å². The first kappa shape index (κ1) is 15.1. The number of allylic oxidation sites excluding steroid dienone is 1. The molecule has 2 rings (SSSR count). The lowest BCUT2D eigenvalue weighted by Gasteiger charge is -2.33. The topological polar surface area (TPSA) is 66.4 Å². The summed E-state index contributed by atoms with van der Waals surface area (Å²) in [5.41, 5.74) is 0.483. The van der Waals surface area contributed by atoms with Crippen molar-refractivity contribution in [2.24, 2.45) is 5.41 Å². The van der Waals surface area contributed by atoms with Crippen LogP contribution in [0.2, 0.25) is 0 Å². The van der Waals surface area contributed by atoms with Crippen molar-refractivity contribution in [2.45, 2.75) is 64.2 Å². The highest BCUT2D eigenvalue weighted by molar-refractivity contribution is 5.80. The molecule has 2 aliphatic carbocycles. The summed E-state index contributed by atoms with van der Waals surface area (Å²) in [5.74, 6) is -0.779. The molecule has 0 aromatic heterocycles. The average molecular weight is 279 g/mol. The molecular formula is C16H25NO3. The molecule has 0 saturated heterocycles. The maximum Gasteiger partial charge on any atom is 0.311 e. The average Bonchev–Trinajstić information content (AvgIpc) is 2.47. The van der Waals surface area contributed by atoms with Gasteiger partial charge in [-0.3, -0.25) is 9.59 Å². The summed E-state index contributed by atoms with van der Waals surface area (Å²) in [6.07, 6.45) is 11.4. The zero-order valence-electron chi connectivity index (χ0n) is 12.1. The van der Waals surface area contributed by atoms with Gasteiger partial charge in [-0.15, -0.1) is 0 Å². The van der Waals surface area contributed by atoms with E-state index < -0.39 is 11.4 Å². The molecule has 20 heavy (non-hydrogen) atoms. The van der Waals surface area contributed by atoms with Crippen LogP contribution in [0.15, 0.2) is 11.6 Å². The van der Waals surface area contributed by atoms with Crippen molar-refractivity contribution in [1.29, 1.82) is 0 Å². The zero-order valence-corrected chi connectivity index (χ0v) is 12.1. The number of carboxylic acid groups (broad SMARTS) is 1. The summed E-state index contributed by atoms with van der Waals surface area (Å²) in [5, 5.41) is 12.3. The van der Waals surface area contributed by atoms with Crippen LogP contribution in [0.3, 0.4) is 0 Å². The van der Waals surface area contributed by atoms with Crippen LogP contribution in [0, 0.1) is 5.41 Å². The minimum atomic E-state index is -0.755. The first-order chi connectivity index (χ1) is 9.62. The number of carbonyl (C=O) groups excluding carboxylic acids is 1. The fourth-order valence-corrected chi connectivity index (χ4v) is 3.30. The van der Waals surface area contributed by atoms with Crippen molar-refractivity contribution in [3.8, 4) is 0 Å². The monoisotopic (exact) mass is 279 g/mol. The van der Waals surface area contributed by atoms with E-state index >= 15 is 0 Å². The van der Waals surface area contributed by atoms with Gasteiger partial charge in [-0.25, -0.2) is 0 Å². The number of hydrogen-bond donors (Lipinski definition) is 2. The van der Waals surface area contributed by atoms with E-state index in [-0.39, 0.29) is 12.5 Å². The lowest BCUT2D eigenvalue weighted by molar-refractivity contribution is -0.151. The molecule has 0 aromatic rings. The van der Waals surface area contributed by atoms with Gasteiger partial charge in [0, 0.05) is 13.0 Å². The van der Waals surface area contributed by atoms with Gasteiger partial charge in [0.25, 0.3) is 0 Å². The molecule has 0 aromatic carbocycles. The summed E-state index contributed by atoms with van der Waals surface area (Å²) in [7, 11) is 0. The summed E-state index contributed by atoms with van der Waals surface area (Å²) in [4.78, 5) is 23.5. The third kappa shape index (κ3) is 3.84. The van der Waals surface area contributed by atoms with Crippen LogP contribution in [0.25, 0.3) is 0 Å². The van der Waals surface area contributed by atoms with Gasteiger partial charge < -0.3 is 10.4 Å². The van der Waals surface area contributed by atoms with Gasteiger partial charge in [-0.2, -0.15) is 0 Å². The van der Waals surface area contributed by atoms with E-state index in [0.29, 0.717) is 19.3 Å². The fourth-order valence-electron chi connectivity index (χ4n) is 3.30. The summed E-state index contributed by atoms with van der Waals surface area (Å²) >= 11 is 0. The molecule has 0 bridgehead atoms. The molecule has 1 fully saturated rings. The molecule has 0 radical (unpaired) electrons. The molecule has 2 aliphatic rings. The molecule has 1 saturated carbocycles. The maximum absolute atomic E-state index is 12.0. The van der Waals surface area contributed by atoms with Gasteiger partial charge in [-0.05, 0) is 38.5 Å². The number of carboxylic acids is 1. The van der Waals surface area contributed by atoms with Gasteiger partial charge in [0.15, 0.2) is 0 Å². The lowest BCUT2D eigenvalue weighted by Crippen LogP contribution is -2.44. The van der Waals surface area contributed by atoms with Crippen molar-refractivity contribution >= 4 is 11.9 Å². The number of rotatable bonds is 5. The second kappa shape index (κ2) is 6.91. The van der Waals surface area contributed by atoms with Crippen molar-refractivity contribution in [1.82, 2.24) is 5.32 Å². The van der Waals surface area contributed by atoms with Crippen LogP contribution in [-0.4, -0.2) is 23.5 Å². The van der Waals surface area contributed by atoms with Crippen molar-refractivity contribution < 1.29 is 14.7 Å². The molecule has 2 N–H and O–H groups in total.